The molecule has 0 radical (unpaired) electrons. The fourth-order valence-corrected chi connectivity index (χ4v) is 5.48. The van der Waals surface area contributed by atoms with E-state index >= 15 is 0 Å². The second-order valence-corrected chi connectivity index (χ2v) is 10.1. The fraction of sp³-hybridized carbons (Fsp3) is 0.417. The summed E-state index contributed by atoms with van der Waals surface area (Å²) in [6, 6.07) is 8.86. The Morgan fingerprint density at radius 1 is 1.18 bits per heavy atom. The summed E-state index contributed by atoms with van der Waals surface area (Å²) in [5, 5.41) is 16.9. The Kier molecular flexibility index (Phi) is 6.08. The number of nitrogens with one attached hydrogen (secondary N) is 2. The van der Waals surface area contributed by atoms with Crippen molar-refractivity contribution in [2.24, 2.45) is 5.92 Å². The highest BCUT2D eigenvalue weighted by Crippen LogP contribution is 2.52. The van der Waals surface area contributed by atoms with Crippen molar-refractivity contribution in [2.45, 2.75) is 49.5 Å². The Labute approximate surface area is 205 Å². The minimum atomic E-state index is -0.822. The fourth-order valence-electron chi connectivity index (χ4n) is 5.21. The molecule has 34 heavy (non-hydrogen) atoms. The number of carbonyl (C=O) groups is 2. The summed E-state index contributed by atoms with van der Waals surface area (Å²) in [5.74, 6) is -0.340. The standard InChI is InChI=1S/C24H23Cl2FN2O5/c25-13-1-3-15-19(30)7-21(34-20(15)5-13)23(32)28-18-10-24(8-12(18)9-24)29-22(31)11-33-14-2-4-16(26)17(27)6-14/h1-6,12,18-19,21,30H,7-11H2,(H,28,32)(H,29,31). The largest absolute Gasteiger partial charge is 0.484 e. The molecule has 3 unspecified atom stereocenters. The van der Waals surface area contributed by atoms with Crippen LogP contribution in [0.5, 0.6) is 11.5 Å². The minimum absolute atomic E-state index is 0.0172. The number of carbonyl (C=O) groups excluding carboxylic acids is 2. The average molecular weight is 509 g/mol. The van der Waals surface area contributed by atoms with E-state index in [-0.39, 0.29) is 53.1 Å². The van der Waals surface area contributed by atoms with E-state index < -0.39 is 18.0 Å². The third kappa shape index (κ3) is 4.54. The molecule has 2 bridgehead atoms. The van der Waals surface area contributed by atoms with Gasteiger partial charge in [0.15, 0.2) is 12.7 Å². The lowest BCUT2D eigenvalue weighted by Gasteiger charge is -2.39. The van der Waals surface area contributed by atoms with Crippen molar-refractivity contribution in [1.82, 2.24) is 10.6 Å². The molecule has 2 aromatic carbocycles. The first kappa shape index (κ1) is 23.2. The normalized spacial score (nSPS) is 28.8. The Morgan fingerprint density at radius 2 is 1.97 bits per heavy atom. The summed E-state index contributed by atoms with van der Waals surface area (Å²) in [6.07, 6.45) is 0.633. The van der Waals surface area contributed by atoms with Gasteiger partial charge >= 0.3 is 0 Å². The molecule has 4 aliphatic rings. The Bertz CT molecular complexity index is 1140. The van der Waals surface area contributed by atoms with Crippen LogP contribution in [0.2, 0.25) is 10.0 Å². The molecule has 6 rings (SSSR count). The van der Waals surface area contributed by atoms with Crippen LogP contribution in [0.1, 0.15) is 37.4 Å². The smallest absolute Gasteiger partial charge is 0.261 e. The van der Waals surface area contributed by atoms with Gasteiger partial charge in [0.2, 0.25) is 0 Å². The number of rotatable bonds is 6. The molecule has 0 saturated heterocycles. The van der Waals surface area contributed by atoms with Crippen LogP contribution in [0.15, 0.2) is 36.4 Å². The molecule has 0 spiro atoms. The van der Waals surface area contributed by atoms with Crippen LogP contribution >= 0.6 is 23.2 Å². The SMILES string of the molecule is O=C(COc1ccc(Cl)c(F)c1)NC12CC(C1)C(NC(=O)C1CC(O)c3ccc(Cl)cc3O1)C2. The monoisotopic (exact) mass is 508 g/mol. The van der Waals surface area contributed by atoms with Crippen LogP contribution in [0, 0.1) is 11.7 Å². The molecular formula is C24H23Cl2FN2O5. The van der Waals surface area contributed by atoms with Crippen LogP contribution in [-0.4, -0.2) is 41.2 Å². The van der Waals surface area contributed by atoms with E-state index in [1.165, 1.54) is 12.1 Å². The summed E-state index contributed by atoms with van der Waals surface area (Å²) < 4.78 is 24.7. The molecule has 1 heterocycles. The molecule has 2 amide bonds. The predicted octanol–water partition coefficient (Wildman–Crippen LogP) is 3.55. The number of halogens is 3. The molecule has 3 N–H and O–H groups in total. The van der Waals surface area contributed by atoms with Crippen molar-refractivity contribution in [3.63, 3.8) is 0 Å². The van der Waals surface area contributed by atoms with Gasteiger partial charge in [0.25, 0.3) is 11.8 Å². The van der Waals surface area contributed by atoms with Gasteiger partial charge in [0, 0.05) is 34.7 Å². The number of aliphatic hydroxyl groups excluding tert-OH is 1. The molecule has 3 atom stereocenters. The van der Waals surface area contributed by atoms with E-state index in [9.17, 15) is 19.1 Å². The predicted molar refractivity (Wildman–Crippen MR) is 122 cm³/mol. The van der Waals surface area contributed by atoms with Crippen molar-refractivity contribution < 1.29 is 28.6 Å². The lowest BCUT2D eigenvalue weighted by Crippen LogP contribution is -2.53. The zero-order chi connectivity index (χ0) is 24.0. The highest BCUT2D eigenvalue weighted by Gasteiger charge is 2.57. The molecule has 3 aliphatic carbocycles. The van der Waals surface area contributed by atoms with E-state index in [1.54, 1.807) is 18.2 Å². The average Bonchev–Trinajstić information content (AvgIpc) is 3.27. The zero-order valence-electron chi connectivity index (χ0n) is 18.0. The molecule has 10 heteroatoms. The molecule has 2 aromatic rings. The molecule has 3 saturated carbocycles. The first-order valence-electron chi connectivity index (χ1n) is 11.0. The second kappa shape index (κ2) is 8.91. The number of benzene rings is 2. The Balaban J connectivity index is 1.13. The third-order valence-corrected chi connectivity index (χ3v) is 7.35. The topological polar surface area (TPSA) is 96.9 Å². The first-order chi connectivity index (χ1) is 16.2. The maximum atomic E-state index is 13.5. The van der Waals surface area contributed by atoms with Crippen molar-refractivity contribution >= 4 is 35.0 Å². The summed E-state index contributed by atoms with van der Waals surface area (Å²) in [6.45, 7) is -0.250. The van der Waals surface area contributed by atoms with Gasteiger partial charge in [-0.3, -0.25) is 9.59 Å². The minimum Gasteiger partial charge on any atom is -0.484 e. The van der Waals surface area contributed by atoms with Crippen LogP contribution in [0.4, 0.5) is 4.39 Å². The Morgan fingerprint density at radius 3 is 2.74 bits per heavy atom. The van der Waals surface area contributed by atoms with Gasteiger partial charge in [0.1, 0.15) is 17.3 Å². The second-order valence-electron chi connectivity index (χ2n) is 9.22. The van der Waals surface area contributed by atoms with Gasteiger partial charge in [-0.05, 0) is 49.4 Å². The van der Waals surface area contributed by atoms with E-state index in [4.69, 9.17) is 32.7 Å². The summed E-state index contributed by atoms with van der Waals surface area (Å²) >= 11 is 11.7. The third-order valence-electron chi connectivity index (χ3n) is 6.81. The lowest BCUT2D eigenvalue weighted by molar-refractivity contribution is -0.131. The van der Waals surface area contributed by atoms with Crippen LogP contribution < -0.4 is 20.1 Å². The van der Waals surface area contributed by atoms with Crippen LogP contribution in [-0.2, 0) is 9.59 Å². The summed E-state index contributed by atoms with van der Waals surface area (Å²) in [4.78, 5) is 25.3. The number of fused-ring (bicyclic) bond motifs is 2. The number of aliphatic hydroxyl groups is 1. The van der Waals surface area contributed by atoms with Gasteiger partial charge in [-0.2, -0.15) is 0 Å². The zero-order valence-corrected chi connectivity index (χ0v) is 19.5. The van der Waals surface area contributed by atoms with E-state index in [0.29, 0.717) is 22.8 Å². The van der Waals surface area contributed by atoms with Crippen molar-refractivity contribution in [1.29, 1.82) is 0 Å². The van der Waals surface area contributed by atoms with Crippen LogP contribution in [0.3, 0.4) is 0 Å². The molecular weight excluding hydrogens is 486 g/mol. The Hall–Kier alpha value is -2.55. The molecule has 0 aromatic heterocycles. The number of hydrogen-bond acceptors (Lipinski definition) is 5. The van der Waals surface area contributed by atoms with E-state index in [0.717, 1.165) is 18.9 Å². The number of amides is 2. The number of hydrogen-bond donors (Lipinski definition) is 3. The van der Waals surface area contributed by atoms with Gasteiger partial charge in [-0.1, -0.05) is 29.3 Å². The van der Waals surface area contributed by atoms with Crippen molar-refractivity contribution in [3.8, 4) is 11.5 Å². The van der Waals surface area contributed by atoms with Crippen LogP contribution in [0.25, 0.3) is 0 Å². The highest BCUT2D eigenvalue weighted by atomic mass is 35.5. The maximum absolute atomic E-state index is 13.5. The quantitative estimate of drug-likeness (QED) is 0.554. The van der Waals surface area contributed by atoms with Gasteiger partial charge in [0.05, 0.1) is 11.1 Å². The first-order valence-corrected chi connectivity index (χ1v) is 11.8. The summed E-state index contributed by atoms with van der Waals surface area (Å²) in [7, 11) is 0. The highest BCUT2D eigenvalue weighted by molar-refractivity contribution is 6.31. The number of ether oxygens (including phenoxy) is 2. The van der Waals surface area contributed by atoms with Gasteiger partial charge < -0.3 is 25.2 Å². The lowest BCUT2D eigenvalue weighted by atomic mass is 9.76. The molecule has 180 valence electrons. The molecule has 3 fully saturated rings. The van der Waals surface area contributed by atoms with Gasteiger partial charge in [-0.25, -0.2) is 4.39 Å². The summed E-state index contributed by atoms with van der Waals surface area (Å²) in [5.41, 5.74) is 0.225. The van der Waals surface area contributed by atoms with Gasteiger partial charge in [-0.15, -0.1) is 0 Å². The van der Waals surface area contributed by atoms with E-state index in [1.807, 2.05) is 0 Å². The molecule has 1 aliphatic heterocycles. The van der Waals surface area contributed by atoms with Crippen molar-refractivity contribution in [3.05, 3.63) is 57.8 Å². The molecule has 7 nitrogen and oxygen atoms in total. The van der Waals surface area contributed by atoms with Crippen molar-refractivity contribution in [2.75, 3.05) is 6.61 Å². The maximum Gasteiger partial charge on any atom is 0.261 e. The van der Waals surface area contributed by atoms with E-state index in [2.05, 4.69) is 10.6 Å².